The van der Waals surface area contributed by atoms with Crippen molar-refractivity contribution in [1.82, 2.24) is 0 Å². The molecule has 0 amide bonds. The van der Waals surface area contributed by atoms with E-state index in [2.05, 4.69) is 21.0 Å². The lowest BCUT2D eigenvalue weighted by atomic mass is 10.3. The third-order valence-corrected chi connectivity index (χ3v) is 1.95. The predicted octanol–water partition coefficient (Wildman–Crippen LogP) is 1.80. The number of carbonyl (C=O) groups excluding carboxylic acids is 1. The first-order chi connectivity index (χ1) is 6.66. The summed E-state index contributed by atoms with van der Waals surface area (Å²) < 4.78 is 0.845. The van der Waals surface area contributed by atoms with E-state index in [-0.39, 0.29) is 17.8 Å². The van der Waals surface area contributed by atoms with Gasteiger partial charge in [-0.25, -0.2) is 0 Å². The lowest BCUT2D eigenvalue weighted by molar-refractivity contribution is -0.384. The van der Waals surface area contributed by atoms with Crippen LogP contribution in [-0.2, 0) is 9.63 Å². The van der Waals surface area contributed by atoms with Crippen molar-refractivity contribution < 1.29 is 14.6 Å². The van der Waals surface area contributed by atoms with Crippen LogP contribution in [0.3, 0.4) is 0 Å². The van der Waals surface area contributed by atoms with Gasteiger partial charge in [0.1, 0.15) is 0 Å². The van der Waals surface area contributed by atoms with Crippen LogP contribution in [0.4, 0.5) is 11.4 Å². The molecular formula is C7H5BrN2O4. The average Bonchev–Trinajstić information content (AvgIpc) is 2.18. The maximum absolute atomic E-state index is 10.5. The highest BCUT2D eigenvalue weighted by Crippen LogP contribution is 2.29. The van der Waals surface area contributed by atoms with Crippen molar-refractivity contribution in [3.63, 3.8) is 0 Å². The highest BCUT2D eigenvalue weighted by Gasteiger charge is 2.17. The summed E-state index contributed by atoms with van der Waals surface area (Å²) in [7, 11) is 0. The van der Waals surface area contributed by atoms with Gasteiger partial charge in [-0.3, -0.25) is 14.9 Å². The molecule has 0 aliphatic heterocycles. The topological polar surface area (TPSA) is 72.7 Å². The lowest BCUT2D eigenvalue weighted by Crippen LogP contribution is -2.10. The van der Waals surface area contributed by atoms with Gasteiger partial charge in [-0.15, -0.1) is 4.09 Å². The Bertz CT molecular complexity index is 357. The van der Waals surface area contributed by atoms with E-state index in [1.54, 1.807) is 6.07 Å². The first-order valence-corrected chi connectivity index (χ1v) is 4.17. The lowest BCUT2D eigenvalue weighted by Gasteiger charge is -2.11. The quantitative estimate of drug-likeness (QED) is 0.357. The van der Waals surface area contributed by atoms with E-state index in [4.69, 9.17) is 0 Å². The van der Waals surface area contributed by atoms with Crippen molar-refractivity contribution in [2.75, 3.05) is 4.09 Å². The molecule has 0 saturated carbocycles. The summed E-state index contributed by atoms with van der Waals surface area (Å²) in [6.45, 7) is 0.158. The molecule has 0 aromatic heterocycles. The molecule has 0 fully saturated rings. The third-order valence-electron chi connectivity index (χ3n) is 1.40. The van der Waals surface area contributed by atoms with E-state index in [1.165, 1.54) is 18.2 Å². The average molecular weight is 261 g/mol. The first kappa shape index (κ1) is 10.5. The Morgan fingerprint density at radius 3 is 2.71 bits per heavy atom. The Labute approximate surface area is 87.5 Å². The maximum Gasteiger partial charge on any atom is 0.321 e. The van der Waals surface area contributed by atoms with Crippen LogP contribution in [-0.4, -0.2) is 11.4 Å². The highest BCUT2D eigenvalue weighted by molar-refractivity contribution is 9.10. The number of benzene rings is 1. The molecule has 0 N–H and O–H groups in total. The van der Waals surface area contributed by atoms with Crippen molar-refractivity contribution >= 4 is 34.0 Å². The fourth-order valence-corrected chi connectivity index (χ4v) is 1.23. The molecule has 0 aliphatic rings. The molecule has 0 unspecified atom stereocenters. The number of rotatable bonds is 4. The second-order valence-electron chi connectivity index (χ2n) is 2.19. The van der Waals surface area contributed by atoms with Crippen LogP contribution in [0.15, 0.2) is 24.3 Å². The smallest absolute Gasteiger partial charge is 0.321 e. The molecule has 1 aromatic rings. The zero-order valence-electron chi connectivity index (χ0n) is 6.79. The number of para-hydroxylation sites is 2. The molecule has 0 heterocycles. The third kappa shape index (κ3) is 2.19. The zero-order valence-corrected chi connectivity index (χ0v) is 8.38. The van der Waals surface area contributed by atoms with E-state index in [0.29, 0.717) is 0 Å². The molecule has 7 heteroatoms. The second-order valence-corrected chi connectivity index (χ2v) is 2.84. The Kier molecular flexibility index (Phi) is 3.41. The summed E-state index contributed by atoms with van der Waals surface area (Å²) >= 11 is 2.84. The van der Waals surface area contributed by atoms with Crippen LogP contribution >= 0.6 is 16.1 Å². The van der Waals surface area contributed by atoms with Crippen LogP contribution < -0.4 is 4.09 Å². The largest absolute Gasteiger partial charge is 0.333 e. The van der Waals surface area contributed by atoms with Crippen LogP contribution in [0.25, 0.3) is 0 Å². The van der Waals surface area contributed by atoms with Gasteiger partial charge in [-0.1, -0.05) is 12.1 Å². The van der Waals surface area contributed by atoms with Gasteiger partial charge in [-0.2, -0.15) is 0 Å². The molecule has 0 bridgehead atoms. The Hall–Kier alpha value is -1.63. The molecule has 0 saturated heterocycles. The summed E-state index contributed by atoms with van der Waals surface area (Å²) in [5.41, 5.74) is -0.0178. The van der Waals surface area contributed by atoms with E-state index >= 15 is 0 Å². The molecule has 14 heavy (non-hydrogen) atoms. The number of nitro benzene ring substituents is 1. The van der Waals surface area contributed by atoms with Crippen molar-refractivity contribution in [3.8, 4) is 0 Å². The van der Waals surface area contributed by atoms with Crippen molar-refractivity contribution in [2.45, 2.75) is 0 Å². The van der Waals surface area contributed by atoms with Crippen molar-refractivity contribution in [2.24, 2.45) is 0 Å². The van der Waals surface area contributed by atoms with Gasteiger partial charge in [0.25, 0.3) is 5.69 Å². The summed E-state index contributed by atoms with van der Waals surface area (Å²) in [6, 6.07) is 5.85. The van der Waals surface area contributed by atoms with Crippen LogP contribution in [0.1, 0.15) is 0 Å². The van der Waals surface area contributed by atoms with E-state index in [1.807, 2.05) is 0 Å². The molecule has 1 rings (SSSR count). The van der Waals surface area contributed by atoms with Crippen LogP contribution in [0.5, 0.6) is 0 Å². The van der Waals surface area contributed by atoms with E-state index in [0.717, 1.165) is 4.09 Å². The standard InChI is InChI=1S/C7H5BrN2O4/c8-9(14-5-11)6-3-1-2-4-7(6)10(12)13/h1-5H. The van der Waals surface area contributed by atoms with Gasteiger partial charge in [0.2, 0.25) is 0 Å². The Morgan fingerprint density at radius 2 is 2.14 bits per heavy atom. The molecule has 0 radical (unpaired) electrons. The van der Waals surface area contributed by atoms with Gasteiger partial charge in [0.15, 0.2) is 5.69 Å². The molecule has 0 aliphatic carbocycles. The fourth-order valence-electron chi connectivity index (χ4n) is 0.862. The van der Waals surface area contributed by atoms with Gasteiger partial charge >= 0.3 is 6.47 Å². The van der Waals surface area contributed by atoms with Crippen LogP contribution in [0, 0.1) is 10.1 Å². The van der Waals surface area contributed by atoms with Gasteiger partial charge < -0.3 is 4.84 Å². The van der Waals surface area contributed by atoms with Gasteiger partial charge in [0, 0.05) is 6.07 Å². The normalized spacial score (nSPS) is 9.21. The Morgan fingerprint density at radius 1 is 1.50 bits per heavy atom. The van der Waals surface area contributed by atoms with E-state index < -0.39 is 4.92 Å². The second kappa shape index (κ2) is 4.56. The first-order valence-electron chi connectivity index (χ1n) is 3.46. The molecule has 0 spiro atoms. The molecule has 0 atom stereocenters. The molecule has 74 valence electrons. The summed E-state index contributed by atoms with van der Waals surface area (Å²) in [5, 5.41) is 10.5. The van der Waals surface area contributed by atoms with Crippen molar-refractivity contribution in [1.29, 1.82) is 0 Å². The zero-order chi connectivity index (χ0) is 10.6. The van der Waals surface area contributed by atoms with E-state index in [9.17, 15) is 14.9 Å². The predicted molar refractivity (Wildman–Crippen MR) is 51.7 cm³/mol. The fraction of sp³-hybridized carbons (Fsp3) is 0. The Balaban J connectivity index is 3.06. The van der Waals surface area contributed by atoms with Crippen molar-refractivity contribution in [3.05, 3.63) is 34.4 Å². The minimum Gasteiger partial charge on any atom is -0.333 e. The number of anilines is 1. The molecule has 6 nitrogen and oxygen atoms in total. The van der Waals surface area contributed by atoms with Crippen LogP contribution in [0.2, 0.25) is 0 Å². The monoisotopic (exact) mass is 260 g/mol. The highest BCUT2D eigenvalue weighted by atomic mass is 79.9. The minimum atomic E-state index is -0.572. The summed E-state index contributed by atoms with van der Waals surface area (Å²) in [5.74, 6) is 0. The number of halogens is 1. The maximum atomic E-state index is 10.5. The number of carbonyl (C=O) groups is 1. The number of hydrogen-bond donors (Lipinski definition) is 0. The van der Waals surface area contributed by atoms with Gasteiger partial charge in [-0.05, 0) is 6.07 Å². The summed E-state index contributed by atoms with van der Waals surface area (Å²) in [6.07, 6.45) is 0. The minimum absolute atomic E-state index is 0.143. The molecular weight excluding hydrogens is 256 g/mol. The SMILES string of the molecule is O=CON(Br)c1ccccc1[N+](=O)[O-]. The van der Waals surface area contributed by atoms with Gasteiger partial charge in [0.05, 0.1) is 21.1 Å². The number of nitro groups is 1. The number of hydrogen-bond acceptors (Lipinski definition) is 5. The number of nitrogens with zero attached hydrogens (tertiary/aromatic N) is 2. The summed E-state index contributed by atoms with van der Waals surface area (Å²) in [4.78, 5) is 24.4. The molecule has 1 aromatic carbocycles.